The molecule has 2 fully saturated rings. The fourth-order valence-corrected chi connectivity index (χ4v) is 6.14. The minimum Gasteiger partial charge on any atom is -0.494 e. The van der Waals surface area contributed by atoms with Crippen LogP contribution >= 0.6 is 0 Å². The Kier molecular flexibility index (Phi) is 7.77. The molecule has 1 unspecified atom stereocenters. The lowest BCUT2D eigenvalue weighted by Gasteiger charge is -2.36. The summed E-state index contributed by atoms with van der Waals surface area (Å²) in [5.41, 5.74) is 0. The highest BCUT2D eigenvalue weighted by molar-refractivity contribution is 7.89. The Hall–Kier alpha value is -2.59. The van der Waals surface area contributed by atoms with Crippen LogP contribution in [0.25, 0.3) is 0 Å². The summed E-state index contributed by atoms with van der Waals surface area (Å²) in [6.07, 6.45) is 3.63. The number of ether oxygens (including phenoxy) is 2. The minimum atomic E-state index is -3.70. The number of sulfonamides is 1. The van der Waals surface area contributed by atoms with Crippen molar-refractivity contribution in [3.05, 3.63) is 30.3 Å². The van der Waals surface area contributed by atoms with Crippen molar-refractivity contribution in [2.24, 2.45) is 0 Å². The normalized spacial score (nSPS) is 19.8. The van der Waals surface area contributed by atoms with Crippen molar-refractivity contribution < 1.29 is 17.9 Å². The standard InChI is InChI=1S/C24H35N5O4S/c1-4-32-20-9-10-22(21(18-20)33-5-2)34(30,31)28-16-14-27(15-17-28)23-11-12-24(26-25-23)29-13-7-6-8-19(29)3/h9-12,18-19H,4-8,13-17H2,1-3H3. The second kappa shape index (κ2) is 10.8. The van der Waals surface area contributed by atoms with Crippen molar-refractivity contribution in [3.63, 3.8) is 0 Å². The lowest BCUT2D eigenvalue weighted by Crippen LogP contribution is -2.49. The van der Waals surface area contributed by atoms with Gasteiger partial charge in [0, 0.05) is 44.8 Å². The first-order valence-electron chi connectivity index (χ1n) is 12.2. The number of rotatable bonds is 8. The van der Waals surface area contributed by atoms with E-state index in [4.69, 9.17) is 9.47 Å². The predicted octanol–water partition coefficient (Wildman–Crippen LogP) is 3.16. The zero-order valence-corrected chi connectivity index (χ0v) is 21.1. The van der Waals surface area contributed by atoms with Crippen LogP contribution < -0.4 is 19.3 Å². The summed E-state index contributed by atoms with van der Waals surface area (Å²) < 4.78 is 39.5. The molecule has 186 valence electrons. The third-order valence-corrected chi connectivity index (χ3v) is 8.38. The molecule has 0 amide bonds. The maximum Gasteiger partial charge on any atom is 0.246 e. The summed E-state index contributed by atoms with van der Waals surface area (Å²) in [5.74, 6) is 2.61. The van der Waals surface area contributed by atoms with Crippen molar-refractivity contribution >= 4 is 21.7 Å². The maximum absolute atomic E-state index is 13.4. The Balaban J connectivity index is 1.43. The Bertz CT molecular complexity index is 1060. The average molecular weight is 490 g/mol. The molecule has 0 bridgehead atoms. The number of piperidine rings is 1. The van der Waals surface area contributed by atoms with Gasteiger partial charge < -0.3 is 19.3 Å². The van der Waals surface area contributed by atoms with E-state index in [1.807, 2.05) is 26.0 Å². The highest BCUT2D eigenvalue weighted by Crippen LogP contribution is 2.32. The summed E-state index contributed by atoms with van der Waals surface area (Å²) in [5, 5.41) is 8.93. The van der Waals surface area contributed by atoms with Gasteiger partial charge in [-0.25, -0.2) is 8.42 Å². The maximum atomic E-state index is 13.4. The Morgan fingerprint density at radius 2 is 1.62 bits per heavy atom. The van der Waals surface area contributed by atoms with Crippen LogP contribution in [0.5, 0.6) is 11.5 Å². The molecular weight excluding hydrogens is 454 g/mol. The van der Waals surface area contributed by atoms with E-state index in [-0.39, 0.29) is 4.90 Å². The van der Waals surface area contributed by atoms with Crippen LogP contribution in [0.1, 0.15) is 40.0 Å². The molecule has 3 heterocycles. The van der Waals surface area contributed by atoms with Gasteiger partial charge in [-0.15, -0.1) is 10.2 Å². The molecule has 0 aliphatic carbocycles. The van der Waals surface area contributed by atoms with E-state index in [9.17, 15) is 8.42 Å². The van der Waals surface area contributed by atoms with Gasteiger partial charge in [0.2, 0.25) is 10.0 Å². The number of hydrogen-bond donors (Lipinski definition) is 0. The van der Waals surface area contributed by atoms with Crippen molar-refractivity contribution in [3.8, 4) is 11.5 Å². The lowest BCUT2D eigenvalue weighted by atomic mass is 10.0. The fourth-order valence-electron chi connectivity index (χ4n) is 4.60. The molecule has 9 nitrogen and oxygen atoms in total. The van der Waals surface area contributed by atoms with E-state index in [0.717, 1.165) is 18.2 Å². The van der Waals surface area contributed by atoms with Crippen molar-refractivity contribution in [1.82, 2.24) is 14.5 Å². The van der Waals surface area contributed by atoms with Crippen LogP contribution in [0.3, 0.4) is 0 Å². The summed E-state index contributed by atoms with van der Waals surface area (Å²) >= 11 is 0. The Morgan fingerprint density at radius 3 is 2.26 bits per heavy atom. The van der Waals surface area contributed by atoms with Crippen molar-refractivity contribution in [1.29, 1.82) is 0 Å². The van der Waals surface area contributed by atoms with E-state index in [1.165, 1.54) is 23.6 Å². The van der Waals surface area contributed by atoms with Gasteiger partial charge >= 0.3 is 0 Å². The first kappa shape index (κ1) is 24.5. The van der Waals surface area contributed by atoms with Gasteiger partial charge in [-0.1, -0.05) is 0 Å². The quantitative estimate of drug-likeness (QED) is 0.559. The molecule has 0 spiro atoms. The van der Waals surface area contributed by atoms with Crippen LogP contribution in [-0.2, 0) is 10.0 Å². The molecule has 0 N–H and O–H groups in total. The zero-order valence-electron chi connectivity index (χ0n) is 20.3. The number of hydrogen-bond acceptors (Lipinski definition) is 8. The molecule has 0 radical (unpaired) electrons. The molecule has 4 rings (SSSR count). The zero-order chi connectivity index (χ0) is 24.1. The first-order valence-corrected chi connectivity index (χ1v) is 13.6. The molecule has 2 aromatic rings. The summed E-state index contributed by atoms with van der Waals surface area (Å²) in [7, 11) is -3.70. The van der Waals surface area contributed by atoms with Crippen LogP contribution in [0.15, 0.2) is 35.2 Å². The van der Waals surface area contributed by atoms with Gasteiger partial charge in [-0.3, -0.25) is 0 Å². The van der Waals surface area contributed by atoms with E-state index < -0.39 is 10.0 Å². The van der Waals surface area contributed by atoms with Gasteiger partial charge in [0.15, 0.2) is 11.6 Å². The fraction of sp³-hybridized carbons (Fsp3) is 0.583. The lowest BCUT2D eigenvalue weighted by molar-refractivity contribution is 0.314. The second-order valence-corrected chi connectivity index (χ2v) is 10.6. The third kappa shape index (κ3) is 5.22. The molecule has 1 aromatic heterocycles. The van der Waals surface area contributed by atoms with E-state index in [2.05, 4.69) is 26.9 Å². The van der Waals surface area contributed by atoms with Crippen molar-refractivity contribution in [2.75, 3.05) is 55.7 Å². The van der Waals surface area contributed by atoms with Gasteiger partial charge in [0.25, 0.3) is 0 Å². The Morgan fingerprint density at radius 1 is 0.912 bits per heavy atom. The van der Waals surface area contributed by atoms with Gasteiger partial charge in [-0.2, -0.15) is 4.31 Å². The highest BCUT2D eigenvalue weighted by atomic mass is 32.2. The molecule has 2 aliphatic rings. The number of benzene rings is 1. The SMILES string of the molecule is CCOc1ccc(S(=O)(=O)N2CCN(c3ccc(N4CCCCC4C)nn3)CC2)c(OCC)c1. The van der Waals surface area contributed by atoms with Crippen LogP contribution in [0.2, 0.25) is 0 Å². The topological polar surface area (TPSA) is 88.1 Å². The minimum absolute atomic E-state index is 0.172. The van der Waals surface area contributed by atoms with E-state index in [1.54, 1.807) is 18.2 Å². The van der Waals surface area contributed by atoms with Crippen LogP contribution in [-0.4, -0.2) is 74.9 Å². The number of nitrogens with zero attached hydrogens (tertiary/aromatic N) is 5. The highest BCUT2D eigenvalue weighted by Gasteiger charge is 2.32. The first-order chi connectivity index (χ1) is 16.4. The van der Waals surface area contributed by atoms with Gasteiger partial charge in [0.1, 0.15) is 16.4 Å². The second-order valence-electron chi connectivity index (χ2n) is 8.65. The molecule has 10 heteroatoms. The number of piperazine rings is 1. The third-order valence-electron chi connectivity index (χ3n) is 6.44. The summed E-state index contributed by atoms with van der Waals surface area (Å²) in [6.45, 7) is 9.68. The average Bonchev–Trinajstić information content (AvgIpc) is 2.85. The number of aromatic nitrogens is 2. The molecule has 0 saturated carbocycles. The molecule has 34 heavy (non-hydrogen) atoms. The van der Waals surface area contributed by atoms with E-state index >= 15 is 0 Å². The largest absolute Gasteiger partial charge is 0.494 e. The smallest absolute Gasteiger partial charge is 0.246 e. The Labute approximate surface area is 202 Å². The molecular formula is C24H35N5O4S. The van der Waals surface area contributed by atoms with Gasteiger partial charge in [0.05, 0.1) is 13.2 Å². The monoisotopic (exact) mass is 489 g/mol. The molecule has 1 aromatic carbocycles. The van der Waals surface area contributed by atoms with Crippen LogP contribution in [0.4, 0.5) is 11.6 Å². The number of anilines is 2. The van der Waals surface area contributed by atoms with Crippen molar-refractivity contribution in [2.45, 2.75) is 51.0 Å². The van der Waals surface area contributed by atoms with Gasteiger partial charge in [-0.05, 0) is 64.3 Å². The summed E-state index contributed by atoms with van der Waals surface area (Å²) in [4.78, 5) is 4.58. The van der Waals surface area contributed by atoms with Crippen LogP contribution in [0, 0.1) is 0 Å². The predicted molar refractivity (Wildman–Crippen MR) is 132 cm³/mol. The molecule has 2 aliphatic heterocycles. The summed E-state index contributed by atoms with van der Waals surface area (Å²) in [6, 6.07) is 9.40. The molecule has 2 saturated heterocycles. The van der Waals surface area contributed by atoms with E-state index in [0.29, 0.717) is 56.9 Å². The molecule has 1 atom stereocenters.